The van der Waals surface area contributed by atoms with Crippen LogP contribution in [0.25, 0.3) is 0 Å². The number of hydrogen-bond acceptors (Lipinski definition) is 3. The molecule has 1 fully saturated rings. The SMILES string of the molecule is N#Cc1ccc(CNCCC2CCCCC2)s1. The van der Waals surface area contributed by atoms with Crippen LogP contribution in [0.15, 0.2) is 12.1 Å². The van der Waals surface area contributed by atoms with Crippen LogP contribution in [0, 0.1) is 17.2 Å². The van der Waals surface area contributed by atoms with Crippen molar-refractivity contribution in [2.75, 3.05) is 6.54 Å². The molecule has 0 bridgehead atoms. The van der Waals surface area contributed by atoms with Crippen molar-refractivity contribution in [2.24, 2.45) is 5.92 Å². The molecule has 1 aliphatic carbocycles. The van der Waals surface area contributed by atoms with E-state index in [1.165, 1.54) is 43.4 Å². The highest BCUT2D eigenvalue weighted by atomic mass is 32.1. The van der Waals surface area contributed by atoms with Crippen LogP contribution < -0.4 is 5.32 Å². The Morgan fingerprint density at radius 2 is 2.12 bits per heavy atom. The van der Waals surface area contributed by atoms with Crippen molar-refractivity contribution in [1.82, 2.24) is 5.32 Å². The van der Waals surface area contributed by atoms with E-state index < -0.39 is 0 Å². The molecule has 0 spiro atoms. The summed E-state index contributed by atoms with van der Waals surface area (Å²) >= 11 is 1.60. The second kappa shape index (κ2) is 6.78. The Hall–Kier alpha value is -0.850. The van der Waals surface area contributed by atoms with E-state index in [4.69, 9.17) is 5.26 Å². The van der Waals surface area contributed by atoms with E-state index in [9.17, 15) is 0 Å². The molecule has 92 valence electrons. The quantitative estimate of drug-likeness (QED) is 0.807. The summed E-state index contributed by atoms with van der Waals surface area (Å²) in [6.45, 7) is 2.03. The van der Waals surface area contributed by atoms with Crippen LogP contribution in [-0.2, 0) is 6.54 Å². The van der Waals surface area contributed by atoms with E-state index in [1.54, 1.807) is 11.3 Å². The molecule has 0 amide bonds. The largest absolute Gasteiger partial charge is 0.312 e. The number of rotatable bonds is 5. The first-order chi connectivity index (χ1) is 8.38. The molecule has 0 aromatic carbocycles. The predicted molar refractivity (Wildman–Crippen MR) is 71.9 cm³/mol. The smallest absolute Gasteiger partial charge is 0.110 e. The first-order valence-electron chi connectivity index (χ1n) is 6.58. The highest BCUT2D eigenvalue weighted by Gasteiger charge is 2.12. The van der Waals surface area contributed by atoms with Gasteiger partial charge in [-0.05, 0) is 31.0 Å². The van der Waals surface area contributed by atoms with Gasteiger partial charge in [-0.25, -0.2) is 0 Å². The third-order valence-corrected chi connectivity index (χ3v) is 4.52. The van der Waals surface area contributed by atoms with E-state index >= 15 is 0 Å². The first kappa shape index (κ1) is 12.6. The number of nitriles is 1. The molecule has 1 N–H and O–H groups in total. The van der Waals surface area contributed by atoms with Gasteiger partial charge in [-0.3, -0.25) is 0 Å². The minimum absolute atomic E-state index is 0.814. The maximum absolute atomic E-state index is 8.73. The van der Waals surface area contributed by atoms with E-state index in [0.717, 1.165) is 23.9 Å². The standard InChI is InChI=1S/C14H20N2S/c15-10-13-6-7-14(17-13)11-16-9-8-12-4-2-1-3-5-12/h6-7,12,16H,1-5,8-9,11H2. The Morgan fingerprint density at radius 3 is 2.82 bits per heavy atom. The maximum Gasteiger partial charge on any atom is 0.110 e. The number of thiophene rings is 1. The third-order valence-electron chi connectivity index (χ3n) is 3.53. The van der Waals surface area contributed by atoms with Crippen molar-refractivity contribution in [3.8, 4) is 6.07 Å². The highest BCUT2D eigenvalue weighted by Crippen LogP contribution is 2.25. The van der Waals surface area contributed by atoms with Crippen molar-refractivity contribution in [2.45, 2.75) is 45.1 Å². The molecule has 1 aromatic heterocycles. The molecular formula is C14H20N2S. The minimum atomic E-state index is 0.814. The van der Waals surface area contributed by atoms with Gasteiger partial charge in [-0.2, -0.15) is 5.26 Å². The Kier molecular flexibility index (Phi) is 5.03. The summed E-state index contributed by atoms with van der Waals surface area (Å²) in [5, 5.41) is 12.2. The van der Waals surface area contributed by atoms with Crippen LogP contribution in [0.4, 0.5) is 0 Å². The molecule has 1 aromatic rings. The van der Waals surface area contributed by atoms with Crippen molar-refractivity contribution >= 4 is 11.3 Å². The summed E-state index contributed by atoms with van der Waals surface area (Å²) in [4.78, 5) is 2.08. The lowest BCUT2D eigenvalue weighted by Crippen LogP contribution is -2.18. The third kappa shape index (κ3) is 4.14. The van der Waals surface area contributed by atoms with Crippen LogP contribution in [0.1, 0.15) is 48.3 Å². The molecule has 1 saturated carbocycles. The molecule has 0 radical (unpaired) electrons. The monoisotopic (exact) mass is 248 g/mol. The van der Waals surface area contributed by atoms with E-state index in [0.29, 0.717) is 0 Å². The molecule has 3 heteroatoms. The van der Waals surface area contributed by atoms with Crippen LogP contribution >= 0.6 is 11.3 Å². The fourth-order valence-electron chi connectivity index (χ4n) is 2.53. The minimum Gasteiger partial charge on any atom is -0.312 e. The van der Waals surface area contributed by atoms with Crippen molar-refractivity contribution < 1.29 is 0 Å². The Balaban J connectivity index is 1.61. The predicted octanol–water partition coefficient (Wildman–Crippen LogP) is 3.68. The molecule has 1 heterocycles. The lowest BCUT2D eigenvalue weighted by atomic mass is 9.87. The number of hydrogen-bond donors (Lipinski definition) is 1. The normalized spacial score (nSPS) is 16.9. The van der Waals surface area contributed by atoms with Gasteiger partial charge in [0.1, 0.15) is 10.9 Å². The Morgan fingerprint density at radius 1 is 1.29 bits per heavy atom. The van der Waals surface area contributed by atoms with Gasteiger partial charge >= 0.3 is 0 Å². The van der Waals surface area contributed by atoms with E-state index in [2.05, 4.69) is 17.5 Å². The average Bonchev–Trinajstić information content (AvgIpc) is 2.84. The summed E-state index contributed by atoms with van der Waals surface area (Å²) in [5.41, 5.74) is 0. The van der Waals surface area contributed by atoms with E-state index in [-0.39, 0.29) is 0 Å². The lowest BCUT2D eigenvalue weighted by Gasteiger charge is -2.21. The fraction of sp³-hybridized carbons (Fsp3) is 0.643. The average molecular weight is 248 g/mol. The molecule has 2 nitrogen and oxygen atoms in total. The molecule has 2 rings (SSSR count). The van der Waals surface area contributed by atoms with Gasteiger partial charge in [-0.1, -0.05) is 32.1 Å². The van der Waals surface area contributed by atoms with Gasteiger partial charge in [0.15, 0.2) is 0 Å². The van der Waals surface area contributed by atoms with Crippen molar-refractivity contribution in [1.29, 1.82) is 5.26 Å². The molecule has 0 aliphatic heterocycles. The highest BCUT2D eigenvalue weighted by molar-refractivity contribution is 7.12. The molecule has 1 aliphatic rings. The topological polar surface area (TPSA) is 35.8 Å². The Labute approximate surface area is 108 Å². The zero-order chi connectivity index (χ0) is 11.9. The summed E-state index contributed by atoms with van der Waals surface area (Å²) in [6.07, 6.45) is 8.48. The van der Waals surface area contributed by atoms with Gasteiger partial charge in [0.2, 0.25) is 0 Å². The number of nitrogens with zero attached hydrogens (tertiary/aromatic N) is 1. The van der Waals surface area contributed by atoms with Crippen LogP contribution in [0.3, 0.4) is 0 Å². The van der Waals surface area contributed by atoms with Gasteiger partial charge in [-0.15, -0.1) is 11.3 Å². The number of nitrogens with one attached hydrogen (secondary N) is 1. The second-order valence-corrected chi connectivity index (χ2v) is 6.02. The summed E-state index contributed by atoms with van der Waals surface area (Å²) < 4.78 is 0. The van der Waals surface area contributed by atoms with Gasteiger partial charge in [0.25, 0.3) is 0 Å². The van der Waals surface area contributed by atoms with Crippen molar-refractivity contribution in [3.63, 3.8) is 0 Å². The van der Waals surface area contributed by atoms with Gasteiger partial charge in [0, 0.05) is 11.4 Å². The first-order valence-corrected chi connectivity index (χ1v) is 7.39. The van der Waals surface area contributed by atoms with Gasteiger partial charge < -0.3 is 5.32 Å². The Bertz CT molecular complexity index is 372. The fourth-order valence-corrected chi connectivity index (χ4v) is 3.30. The zero-order valence-electron chi connectivity index (χ0n) is 10.2. The summed E-state index contributed by atoms with van der Waals surface area (Å²) in [5.74, 6) is 0.953. The molecule has 17 heavy (non-hydrogen) atoms. The van der Waals surface area contributed by atoms with Gasteiger partial charge in [0.05, 0.1) is 0 Å². The summed E-state index contributed by atoms with van der Waals surface area (Å²) in [7, 11) is 0. The molecule has 0 unspecified atom stereocenters. The lowest BCUT2D eigenvalue weighted by molar-refractivity contribution is 0.334. The van der Waals surface area contributed by atoms with E-state index in [1.807, 2.05) is 6.07 Å². The zero-order valence-corrected chi connectivity index (χ0v) is 11.1. The molecule has 0 atom stereocenters. The molecular weight excluding hydrogens is 228 g/mol. The van der Waals surface area contributed by atoms with Crippen LogP contribution in [-0.4, -0.2) is 6.54 Å². The van der Waals surface area contributed by atoms with Crippen molar-refractivity contribution in [3.05, 3.63) is 21.9 Å². The maximum atomic E-state index is 8.73. The van der Waals surface area contributed by atoms with Crippen LogP contribution in [0.5, 0.6) is 0 Å². The van der Waals surface area contributed by atoms with Crippen LogP contribution in [0.2, 0.25) is 0 Å². The summed E-state index contributed by atoms with van der Waals surface area (Å²) in [6, 6.07) is 6.14. The second-order valence-electron chi connectivity index (χ2n) is 4.85. The molecule has 0 saturated heterocycles.